The monoisotopic (exact) mass is 429 g/mol. The summed E-state index contributed by atoms with van der Waals surface area (Å²) in [5.74, 6) is -1.63. The van der Waals surface area contributed by atoms with Crippen LogP contribution in [0.2, 0.25) is 0 Å². The Morgan fingerprint density at radius 1 is 1.03 bits per heavy atom. The summed E-state index contributed by atoms with van der Waals surface area (Å²) in [6.45, 7) is 5.30. The average molecular weight is 429 g/mol. The number of rotatable bonds is 5. The van der Waals surface area contributed by atoms with E-state index >= 15 is 0 Å². The molecule has 0 spiro atoms. The smallest absolute Gasteiger partial charge is 0.264 e. The van der Waals surface area contributed by atoms with Gasteiger partial charge < -0.3 is 10.2 Å². The molecule has 0 radical (unpaired) electrons. The zero-order valence-electron chi connectivity index (χ0n) is 16.9. The third-order valence-corrected chi connectivity index (χ3v) is 6.17. The molecule has 2 aromatic rings. The van der Waals surface area contributed by atoms with Gasteiger partial charge in [0.15, 0.2) is 0 Å². The number of nitrogens with one attached hydrogen (secondary N) is 2. The Labute approximate surface area is 175 Å². The highest BCUT2D eigenvalue weighted by Gasteiger charge is 2.35. The summed E-state index contributed by atoms with van der Waals surface area (Å²) < 4.78 is 25.8. The van der Waals surface area contributed by atoms with Crippen molar-refractivity contribution in [1.29, 1.82) is 0 Å². The van der Waals surface area contributed by atoms with Crippen LogP contribution in [0.4, 0.5) is 11.4 Å². The highest BCUT2D eigenvalue weighted by atomic mass is 32.2. The fourth-order valence-electron chi connectivity index (χ4n) is 3.45. The number of sulfonamides is 1. The maximum atomic E-state index is 12.6. The molecular weight excluding hydrogens is 406 g/mol. The predicted octanol–water partition coefficient (Wildman–Crippen LogP) is 2.12. The van der Waals surface area contributed by atoms with Gasteiger partial charge in [-0.2, -0.15) is 0 Å². The van der Waals surface area contributed by atoms with Crippen LogP contribution in [0.5, 0.6) is 0 Å². The molecule has 3 amide bonds. The zero-order chi connectivity index (χ0) is 22.1. The second kappa shape index (κ2) is 8.27. The summed E-state index contributed by atoms with van der Waals surface area (Å²) in [7, 11) is -3.94. The Morgan fingerprint density at radius 2 is 1.63 bits per heavy atom. The highest BCUT2D eigenvalue weighted by molar-refractivity contribution is 7.90. The van der Waals surface area contributed by atoms with E-state index in [1.807, 2.05) is 36.8 Å². The van der Waals surface area contributed by atoms with Crippen LogP contribution in [0.25, 0.3) is 0 Å². The van der Waals surface area contributed by atoms with E-state index in [0.29, 0.717) is 5.69 Å². The zero-order valence-corrected chi connectivity index (χ0v) is 17.7. The van der Waals surface area contributed by atoms with E-state index in [1.54, 1.807) is 4.90 Å². The molecule has 1 saturated heterocycles. The number of hydrogen-bond donors (Lipinski definition) is 2. The minimum Gasteiger partial charge on any atom is -0.326 e. The molecular formula is C21H23N3O5S. The molecule has 9 heteroatoms. The molecule has 1 unspecified atom stereocenters. The third kappa shape index (κ3) is 4.85. The Morgan fingerprint density at radius 3 is 2.20 bits per heavy atom. The van der Waals surface area contributed by atoms with Crippen LogP contribution in [0.15, 0.2) is 47.4 Å². The van der Waals surface area contributed by atoms with E-state index in [2.05, 4.69) is 5.32 Å². The summed E-state index contributed by atoms with van der Waals surface area (Å²) in [5, 5.41) is 2.72. The lowest BCUT2D eigenvalue weighted by molar-refractivity contribution is -0.122. The Hall–Kier alpha value is -3.20. The largest absolute Gasteiger partial charge is 0.326 e. The van der Waals surface area contributed by atoms with E-state index < -0.39 is 21.8 Å². The SMILES string of the molecule is CC(=O)NS(=O)(=O)c1ccc(NC(=O)C2CC(=O)N(c3cc(C)cc(C)c3)C2)cc1. The van der Waals surface area contributed by atoms with Crippen molar-refractivity contribution in [1.82, 2.24) is 4.72 Å². The van der Waals surface area contributed by atoms with Gasteiger partial charge >= 0.3 is 0 Å². The van der Waals surface area contributed by atoms with Crippen molar-refractivity contribution in [3.8, 4) is 0 Å². The van der Waals surface area contributed by atoms with Crippen LogP contribution < -0.4 is 14.9 Å². The first kappa shape index (κ1) is 21.5. The molecule has 0 aromatic heterocycles. The molecule has 2 N–H and O–H groups in total. The average Bonchev–Trinajstić information content (AvgIpc) is 3.02. The summed E-state index contributed by atoms with van der Waals surface area (Å²) in [6.07, 6.45) is 0.105. The maximum absolute atomic E-state index is 12.6. The summed E-state index contributed by atoms with van der Waals surface area (Å²) in [6, 6.07) is 11.3. The number of nitrogens with zero attached hydrogens (tertiary/aromatic N) is 1. The van der Waals surface area contributed by atoms with Crippen LogP contribution in [0.1, 0.15) is 24.5 Å². The molecule has 1 aliphatic heterocycles. The van der Waals surface area contributed by atoms with Gasteiger partial charge in [0.25, 0.3) is 10.0 Å². The number of carbonyl (C=O) groups is 3. The maximum Gasteiger partial charge on any atom is 0.264 e. The van der Waals surface area contributed by atoms with Gasteiger partial charge in [0.2, 0.25) is 17.7 Å². The van der Waals surface area contributed by atoms with Crippen LogP contribution in [-0.2, 0) is 24.4 Å². The fraction of sp³-hybridized carbons (Fsp3) is 0.286. The van der Waals surface area contributed by atoms with E-state index in [0.717, 1.165) is 23.7 Å². The second-order valence-electron chi connectivity index (χ2n) is 7.43. The summed E-state index contributed by atoms with van der Waals surface area (Å²) in [5.41, 5.74) is 3.26. The van der Waals surface area contributed by atoms with Gasteiger partial charge in [0.05, 0.1) is 10.8 Å². The van der Waals surface area contributed by atoms with Crippen molar-refractivity contribution in [2.24, 2.45) is 5.92 Å². The number of aryl methyl sites for hydroxylation is 2. The first-order valence-corrected chi connectivity index (χ1v) is 10.9. The van der Waals surface area contributed by atoms with E-state index in [-0.39, 0.29) is 29.7 Å². The lowest BCUT2D eigenvalue weighted by Crippen LogP contribution is -2.28. The Balaban J connectivity index is 1.68. The van der Waals surface area contributed by atoms with Gasteiger partial charge in [-0.15, -0.1) is 0 Å². The fourth-order valence-corrected chi connectivity index (χ4v) is 4.44. The summed E-state index contributed by atoms with van der Waals surface area (Å²) >= 11 is 0. The first-order chi connectivity index (χ1) is 14.0. The van der Waals surface area contributed by atoms with Crippen LogP contribution in [0, 0.1) is 19.8 Å². The van der Waals surface area contributed by atoms with Crippen LogP contribution in [0.3, 0.4) is 0 Å². The first-order valence-electron chi connectivity index (χ1n) is 9.38. The highest BCUT2D eigenvalue weighted by Crippen LogP contribution is 2.28. The van der Waals surface area contributed by atoms with Gasteiger partial charge in [-0.3, -0.25) is 14.4 Å². The van der Waals surface area contributed by atoms with Gasteiger partial charge in [0.1, 0.15) is 0 Å². The number of hydrogen-bond acceptors (Lipinski definition) is 5. The van der Waals surface area contributed by atoms with Gasteiger partial charge in [0, 0.05) is 31.3 Å². The van der Waals surface area contributed by atoms with Crippen molar-refractivity contribution in [3.05, 3.63) is 53.6 Å². The Kier molecular flexibility index (Phi) is 5.93. The standard InChI is InChI=1S/C21H23N3O5S/c1-13-8-14(2)10-18(9-13)24-12-16(11-20(24)26)21(27)22-17-4-6-19(7-5-17)30(28,29)23-15(3)25/h4-10,16H,11-12H2,1-3H3,(H,22,27)(H,23,25). The molecule has 1 fully saturated rings. The minimum absolute atomic E-state index is 0.0901. The molecule has 0 saturated carbocycles. The lowest BCUT2D eigenvalue weighted by Gasteiger charge is -2.18. The minimum atomic E-state index is -3.94. The molecule has 1 atom stereocenters. The van der Waals surface area contributed by atoms with Gasteiger partial charge in [-0.1, -0.05) is 6.07 Å². The van der Waals surface area contributed by atoms with Crippen LogP contribution in [-0.4, -0.2) is 32.7 Å². The number of benzene rings is 2. The normalized spacial score (nSPS) is 16.4. The quantitative estimate of drug-likeness (QED) is 0.756. The topological polar surface area (TPSA) is 113 Å². The number of amides is 3. The van der Waals surface area contributed by atoms with Gasteiger partial charge in [-0.25, -0.2) is 13.1 Å². The van der Waals surface area contributed by atoms with Gasteiger partial charge in [-0.05, 0) is 61.4 Å². The number of carbonyl (C=O) groups excluding carboxylic acids is 3. The van der Waals surface area contributed by atoms with Crippen LogP contribution >= 0.6 is 0 Å². The predicted molar refractivity (Wildman–Crippen MR) is 112 cm³/mol. The van der Waals surface area contributed by atoms with Crippen molar-refractivity contribution in [3.63, 3.8) is 0 Å². The molecule has 2 aromatic carbocycles. The third-order valence-electron chi connectivity index (χ3n) is 4.72. The summed E-state index contributed by atoms with van der Waals surface area (Å²) in [4.78, 5) is 37.6. The van der Waals surface area contributed by atoms with E-state index in [1.165, 1.54) is 24.3 Å². The molecule has 30 heavy (non-hydrogen) atoms. The molecule has 158 valence electrons. The van der Waals surface area contributed by atoms with Crippen molar-refractivity contribution in [2.45, 2.75) is 32.1 Å². The molecule has 1 aliphatic rings. The Bertz CT molecular complexity index is 1090. The number of anilines is 2. The molecule has 0 bridgehead atoms. The molecule has 3 rings (SSSR count). The second-order valence-corrected chi connectivity index (χ2v) is 9.11. The molecule has 8 nitrogen and oxygen atoms in total. The van der Waals surface area contributed by atoms with Crippen molar-refractivity contribution < 1.29 is 22.8 Å². The van der Waals surface area contributed by atoms with Crippen molar-refractivity contribution >= 4 is 39.1 Å². The lowest BCUT2D eigenvalue weighted by atomic mass is 10.1. The van der Waals surface area contributed by atoms with E-state index in [9.17, 15) is 22.8 Å². The molecule has 0 aliphatic carbocycles. The van der Waals surface area contributed by atoms with E-state index in [4.69, 9.17) is 0 Å². The van der Waals surface area contributed by atoms with Crippen molar-refractivity contribution in [2.75, 3.05) is 16.8 Å². The molecule has 1 heterocycles.